The van der Waals surface area contributed by atoms with Crippen LogP contribution in [-0.2, 0) is 9.53 Å². The molecule has 1 saturated heterocycles. The topological polar surface area (TPSA) is 72.4 Å². The molecule has 7 heteroatoms. The van der Waals surface area contributed by atoms with E-state index in [1.165, 1.54) is 6.20 Å². The van der Waals surface area contributed by atoms with Crippen LogP contribution in [0.2, 0.25) is 0 Å². The largest absolute Gasteiger partial charge is 0.464 e. The second kappa shape index (κ2) is 5.90. The molecular formula is C11H15N3O3S. The molecule has 2 rings (SSSR count). The van der Waals surface area contributed by atoms with Crippen LogP contribution in [0.4, 0.5) is 0 Å². The molecule has 1 atom stereocenters. The van der Waals surface area contributed by atoms with E-state index in [0.29, 0.717) is 25.3 Å². The Morgan fingerprint density at radius 3 is 3.06 bits per heavy atom. The summed E-state index contributed by atoms with van der Waals surface area (Å²) in [6, 6.07) is -0.479. The van der Waals surface area contributed by atoms with Crippen molar-refractivity contribution in [1.29, 1.82) is 0 Å². The zero-order valence-corrected chi connectivity index (χ0v) is 11.0. The predicted molar refractivity (Wildman–Crippen MR) is 65.2 cm³/mol. The monoisotopic (exact) mass is 269 g/mol. The Labute approximate surface area is 109 Å². The van der Waals surface area contributed by atoms with E-state index in [2.05, 4.69) is 8.75 Å². The second-order valence-electron chi connectivity index (χ2n) is 4.05. The Morgan fingerprint density at radius 1 is 1.56 bits per heavy atom. The third kappa shape index (κ3) is 2.66. The smallest absolute Gasteiger partial charge is 0.328 e. The first-order valence-electron chi connectivity index (χ1n) is 5.99. The minimum Gasteiger partial charge on any atom is -0.464 e. The van der Waals surface area contributed by atoms with Crippen molar-refractivity contribution < 1.29 is 14.3 Å². The van der Waals surface area contributed by atoms with Crippen molar-refractivity contribution >= 4 is 23.6 Å². The van der Waals surface area contributed by atoms with E-state index in [-0.39, 0.29) is 11.9 Å². The molecule has 0 saturated carbocycles. The van der Waals surface area contributed by atoms with Gasteiger partial charge in [0.2, 0.25) is 0 Å². The first kappa shape index (κ1) is 12.9. The van der Waals surface area contributed by atoms with E-state index in [1.807, 2.05) is 0 Å². The highest BCUT2D eigenvalue weighted by Gasteiger charge is 2.34. The number of esters is 1. The molecule has 1 fully saturated rings. The van der Waals surface area contributed by atoms with Gasteiger partial charge in [-0.15, -0.1) is 0 Å². The van der Waals surface area contributed by atoms with Gasteiger partial charge in [-0.3, -0.25) is 4.79 Å². The van der Waals surface area contributed by atoms with Crippen molar-refractivity contribution in [2.75, 3.05) is 13.2 Å². The lowest BCUT2D eigenvalue weighted by Crippen LogP contribution is -2.48. The normalized spacial score (nSPS) is 19.6. The zero-order valence-electron chi connectivity index (χ0n) is 10.2. The molecule has 0 spiro atoms. The molecule has 98 valence electrons. The van der Waals surface area contributed by atoms with Crippen LogP contribution in [0.15, 0.2) is 6.20 Å². The molecule has 1 unspecified atom stereocenters. The van der Waals surface area contributed by atoms with E-state index < -0.39 is 6.04 Å². The Morgan fingerprint density at radius 2 is 2.39 bits per heavy atom. The number of piperidine rings is 1. The summed E-state index contributed by atoms with van der Waals surface area (Å²) in [5.74, 6) is -0.560. The third-order valence-corrected chi connectivity index (χ3v) is 3.38. The standard InChI is InChI=1S/C11H15N3O3S/c1-2-17-11(16)9-5-3-4-6-14(9)10(15)8-7-12-18-13-8/h7,9H,2-6H2,1H3. The highest BCUT2D eigenvalue weighted by atomic mass is 32.1. The van der Waals surface area contributed by atoms with Crippen LogP contribution in [0.25, 0.3) is 0 Å². The zero-order chi connectivity index (χ0) is 13.0. The number of hydrogen-bond donors (Lipinski definition) is 0. The first-order chi connectivity index (χ1) is 8.74. The predicted octanol–water partition coefficient (Wildman–Crippen LogP) is 1.10. The summed E-state index contributed by atoms with van der Waals surface area (Å²) in [6.45, 7) is 2.66. The third-order valence-electron chi connectivity index (χ3n) is 2.90. The van der Waals surface area contributed by atoms with Gasteiger partial charge in [0.25, 0.3) is 5.91 Å². The van der Waals surface area contributed by atoms with E-state index in [4.69, 9.17) is 4.74 Å². The molecule has 1 aromatic heterocycles. The number of hydrogen-bond acceptors (Lipinski definition) is 6. The van der Waals surface area contributed by atoms with Gasteiger partial charge in [0.1, 0.15) is 6.04 Å². The molecule has 2 heterocycles. The lowest BCUT2D eigenvalue weighted by molar-refractivity contribution is -0.149. The number of carbonyl (C=O) groups excluding carboxylic acids is 2. The van der Waals surface area contributed by atoms with Crippen LogP contribution in [0.5, 0.6) is 0 Å². The summed E-state index contributed by atoms with van der Waals surface area (Å²) >= 11 is 0.988. The molecule has 0 N–H and O–H groups in total. The van der Waals surface area contributed by atoms with Gasteiger partial charge < -0.3 is 9.64 Å². The van der Waals surface area contributed by atoms with Crippen molar-refractivity contribution in [3.8, 4) is 0 Å². The van der Waals surface area contributed by atoms with Crippen LogP contribution in [0, 0.1) is 0 Å². The summed E-state index contributed by atoms with van der Waals surface area (Å²) in [5.41, 5.74) is 0.302. The van der Waals surface area contributed by atoms with Gasteiger partial charge in [0.05, 0.1) is 24.5 Å². The molecule has 6 nitrogen and oxygen atoms in total. The van der Waals surface area contributed by atoms with Crippen molar-refractivity contribution in [3.63, 3.8) is 0 Å². The van der Waals surface area contributed by atoms with Gasteiger partial charge >= 0.3 is 5.97 Å². The molecule has 1 aliphatic heterocycles. The Kier molecular flexibility index (Phi) is 4.24. The van der Waals surface area contributed by atoms with Gasteiger partial charge in [-0.1, -0.05) is 0 Å². The molecule has 0 bridgehead atoms. The van der Waals surface area contributed by atoms with Crippen molar-refractivity contribution in [2.45, 2.75) is 32.2 Å². The number of carbonyl (C=O) groups is 2. The summed E-state index contributed by atoms with van der Waals surface area (Å²) in [5, 5.41) is 0. The average Bonchev–Trinajstić information content (AvgIpc) is 2.92. The molecule has 0 radical (unpaired) electrons. The van der Waals surface area contributed by atoms with Crippen LogP contribution >= 0.6 is 11.7 Å². The summed E-state index contributed by atoms with van der Waals surface area (Å²) in [6.07, 6.45) is 3.92. The molecule has 0 aliphatic carbocycles. The lowest BCUT2D eigenvalue weighted by atomic mass is 10.0. The van der Waals surface area contributed by atoms with E-state index in [1.54, 1.807) is 11.8 Å². The summed E-state index contributed by atoms with van der Waals surface area (Å²) < 4.78 is 12.7. The molecule has 18 heavy (non-hydrogen) atoms. The van der Waals surface area contributed by atoms with E-state index in [0.717, 1.165) is 24.6 Å². The highest BCUT2D eigenvalue weighted by molar-refractivity contribution is 6.99. The van der Waals surface area contributed by atoms with Gasteiger partial charge in [0, 0.05) is 6.54 Å². The molecule has 1 aromatic rings. The molecular weight excluding hydrogens is 254 g/mol. The molecule has 1 amide bonds. The SMILES string of the molecule is CCOC(=O)C1CCCCN1C(=O)c1cnsn1. The minimum absolute atomic E-state index is 0.235. The van der Waals surface area contributed by atoms with E-state index >= 15 is 0 Å². The van der Waals surface area contributed by atoms with Crippen molar-refractivity contribution in [1.82, 2.24) is 13.6 Å². The van der Waals surface area contributed by atoms with Crippen LogP contribution in [0.1, 0.15) is 36.7 Å². The fourth-order valence-electron chi connectivity index (χ4n) is 2.06. The number of amides is 1. The molecule has 0 aromatic carbocycles. The Bertz CT molecular complexity index is 421. The van der Waals surface area contributed by atoms with Gasteiger partial charge in [-0.2, -0.15) is 8.75 Å². The number of ether oxygens (including phenoxy) is 1. The maximum absolute atomic E-state index is 12.2. The Hall–Kier alpha value is -1.50. The Balaban J connectivity index is 2.12. The van der Waals surface area contributed by atoms with Gasteiger partial charge in [0.15, 0.2) is 5.69 Å². The fourth-order valence-corrected chi connectivity index (χ4v) is 2.47. The van der Waals surface area contributed by atoms with Crippen molar-refractivity contribution in [2.24, 2.45) is 0 Å². The van der Waals surface area contributed by atoms with Crippen LogP contribution < -0.4 is 0 Å². The average molecular weight is 269 g/mol. The fraction of sp³-hybridized carbons (Fsp3) is 0.636. The molecule has 1 aliphatic rings. The number of nitrogens with zero attached hydrogens (tertiary/aromatic N) is 3. The lowest BCUT2D eigenvalue weighted by Gasteiger charge is -2.33. The first-order valence-corrected chi connectivity index (χ1v) is 6.72. The number of rotatable bonds is 3. The summed E-state index contributed by atoms with van der Waals surface area (Å²) in [4.78, 5) is 25.6. The van der Waals surface area contributed by atoms with Gasteiger partial charge in [-0.25, -0.2) is 4.79 Å². The number of aromatic nitrogens is 2. The van der Waals surface area contributed by atoms with Crippen LogP contribution in [0.3, 0.4) is 0 Å². The maximum atomic E-state index is 12.2. The number of likely N-dealkylation sites (tertiary alicyclic amines) is 1. The van der Waals surface area contributed by atoms with Crippen LogP contribution in [-0.4, -0.2) is 44.7 Å². The van der Waals surface area contributed by atoms with Crippen molar-refractivity contribution in [3.05, 3.63) is 11.9 Å². The maximum Gasteiger partial charge on any atom is 0.328 e. The van der Waals surface area contributed by atoms with Gasteiger partial charge in [-0.05, 0) is 26.2 Å². The second-order valence-corrected chi connectivity index (χ2v) is 4.61. The highest BCUT2D eigenvalue weighted by Crippen LogP contribution is 2.20. The van der Waals surface area contributed by atoms with E-state index in [9.17, 15) is 9.59 Å². The minimum atomic E-state index is -0.479. The summed E-state index contributed by atoms with van der Waals surface area (Å²) in [7, 11) is 0. The quantitative estimate of drug-likeness (QED) is 0.768.